The minimum Gasteiger partial charge on any atom is -0.337 e. The van der Waals surface area contributed by atoms with E-state index in [0.29, 0.717) is 6.54 Å². The lowest BCUT2D eigenvalue weighted by molar-refractivity contribution is -0.123. The molecule has 0 radical (unpaired) electrons. The van der Waals surface area contributed by atoms with Crippen LogP contribution in [0.15, 0.2) is 48.6 Å². The molecule has 1 heterocycles. The Balaban J connectivity index is 0. The molecular formula is C15H25NO. The van der Waals surface area contributed by atoms with Gasteiger partial charge in [0.15, 0.2) is 0 Å². The minimum atomic E-state index is 0.0491. The largest absolute Gasteiger partial charge is 0.337 e. The summed E-state index contributed by atoms with van der Waals surface area (Å²) in [7, 11) is 1.78. The fourth-order valence-corrected chi connectivity index (χ4v) is 1.34. The first-order valence-corrected chi connectivity index (χ1v) is 6.11. The summed E-state index contributed by atoms with van der Waals surface area (Å²) >= 11 is 0. The standard InChI is InChI=1S/C11H13NO.2C2H6/c1-4-6-9-8-12(3)11(13)10(9)7-5-2;2*1-2/h4-7H,1-2,8H2,3H3;2*1-2H3/b9-6-,10-7+;;. The quantitative estimate of drug-likeness (QED) is 0.668. The molecule has 1 fully saturated rings. The summed E-state index contributed by atoms with van der Waals surface area (Å²) in [4.78, 5) is 13.2. The summed E-state index contributed by atoms with van der Waals surface area (Å²) in [6.07, 6.45) is 6.92. The van der Waals surface area contributed by atoms with Gasteiger partial charge in [-0.1, -0.05) is 59.1 Å². The van der Waals surface area contributed by atoms with E-state index in [4.69, 9.17) is 0 Å². The van der Waals surface area contributed by atoms with Crippen molar-refractivity contribution in [3.63, 3.8) is 0 Å². The third-order valence-electron chi connectivity index (χ3n) is 1.93. The molecule has 0 aromatic carbocycles. The van der Waals surface area contributed by atoms with Gasteiger partial charge in [-0.15, -0.1) is 0 Å². The Kier molecular flexibility index (Phi) is 11.5. The average Bonchev–Trinajstić information content (AvgIpc) is 2.63. The van der Waals surface area contributed by atoms with E-state index >= 15 is 0 Å². The lowest BCUT2D eigenvalue weighted by Gasteiger charge is -2.03. The normalized spacial score (nSPS) is 18.2. The van der Waals surface area contributed by atoms with Gasteiger partial charge in [-0.05, 0) is 11.6 Å². The van der Waals surface area contributed by atoms with Crippen molar-refractivity contribution in [2.75, 3.05) is 13.6 Å². The fraction of sp³-hybridized carbons (Fsp3) is 0.400. The van der Waals surface area contributed by atoms with Crippen LogP contribution in [-0.2, 0) is 4.79 Å². The van der Waals surface area contributed by atoms with Crippen LogP contribution in [0.3, 0.4) is 0 Å². The molecule has 0 aromatic heterocycles. The molecule has 1 amide bonds. The van der Waals surface area contributed by atoms with Crippen molar-refractivity contribution in [1.29, 1.82) is 0 Å². The zero-order valence-electron chi connectivity index (χ0n) is 11.8. The maximum absolute atomic E-state index is 11.5. The summed E-state index contributed by atoms with van der Waals surface area (Å²) in [5, 5.41) is 0. The van der Waals surface area contributed by atoms with Gasteiger partial charge in [0.25, 0.3) is 5.91 Å². The van der Waals surface area contributed by atoms with Gasteiger partial charge in [0.2, 0.25) is 0 Å². The molecule has 96 valence electrons. The van der Waals surface area contributed by atoms with Crippen LogP contribution in [-0.4, -0.2) is 24.4 Å². The second-order valence-corrected chi connectivity index (χ2v) is 2.90. The first-order chi connectivity index (χ1) is 8.20. The molecule has 1 saturated heterocycles. The molecule has 0 atom stereocenters. The van der Waals surface area contributed by atoms with Crippen LogP contribution in [0, 0.1) is 0 Å². The maximum Gasteiger partial charge on any atom is 0.254 e. The molecular weight excluding hydrogens is 210 g/mol. The molecule has 1 rings (SSSR count). The summed E-state index contributed by atoms with van der Waals surface area (Å²) in [6.45, 7) is 15.8. The molecule has 1 aliphatic heterocycles. The van der Waals surface area contributed by atoms with Gasteiger partial charge in [0.1, 0.15) is 0 Å². The van der Waals surface area contributed by atoms with Gasteiger partial charge in [0, 0.05) is 19.2 Å². The number of carbonyl (C=O) groups is 1. The molecule has 0 N–H and O–H groups in total. The summed E-state index contributed by atoms with van der Waals surface area (Å²) in [5.74, 6) is 0.0491. The first-order valence-electron chi connectivity index (χ1n) is 6.11. The molecule has 0 aromatic rings. The van der Waals surface area contributed by atoms with E-state index in [1.165, 1.54) is 0 Å². The van der Waals surface area contributed by atoms with E-state index in [1.54, 1.807) is 30.2 Å². The molecule has 17 heavy (non-hydrogen) atoms. The van der Waals surface area contributed by atoms with Gasteiger partial charge in [-0.3, -0.25) is 4.79 Å². The Bertz CT molecular complexity index is 311. The highest BCUT2D eigenvalue weighted by Gasteiger charge is 2.26. The Hall–Kier alpha value is -1.57. The number of amides is 1. The van der Waals surface area contributed by atoms with Crippen LogP contribution < -0.4 is 0 Å². The SMILES string of the molecule is C=C/C=C1/CN(C)C(=O)/C1=C/C=C.CC.CC. The van der Waals surface area contributed by atoms with Crippen molar-refractivity contribution in [2.24, 2.45) is 0 Å². The highest BCUT2D eigenvalue weighted by molar-refractivity contribution is 6.01. The zero-order chi connectivity index (χ0) is 13.8. The van der Waals surface area contributed by atoms with E-state index in [-0.39, 0.29) is 5.91 Å². The van der Waals surface area contributed by atoms with Gasteiger partial charge < -0.3 is 4.90 Å². The van der Waals surface area contributed by atoms with E-state index in [2.05, 4.69) is 13.2 Å². The minimum absolute atomic E-state index is 0.0491. The van der Waals surface area contributed by atoms with Gasteiger partial charge in [-0.25, -0.2) is 0 Å². The van der Waals surface area contributed by atoms with Crippen molar-refractivity contribution in [2.45, 2.75) is 27.7 Å². The van der Waals surface area contributed by atoms with Crippen LogP contribution in [0.4, 0.5) is 0 Å². The van der Waals surface area contributed by atoms with E-state index in [1.807, 2.05) is 33.8 Å². The number of likely N-dealkylation sites (tertiary alicyclic amines) is 1. The fourth-order valence-electron chi connectivity index (χ4n) is 1.34. The number of hydrogen-bond acceptors (Lipinski definition) is 1. The van der Waals surface area contributed by atoms with Gasteiger partial charge in [-0.2, -0.15) is 0 Å². The predicted molar refractivity (Wildman–Crippen MR) is 76.9 cm³/mol. The molecule has 0 unspecified atom stereocenters. The Morgan fingerprint density at radius 2 is 1.53 bits per heavy atom. The zero-order valence-corrected chi connectivity index (χ0v) is 11.8. The number of allylic oxidation sites excluding steroid dienone is 4. The second-order valence-electron chi connectivity index (χ2n) is 2.90. The molecule has 2 heteroatoms. The number of likely N-dealkylation sites (N-methyl/N-ethyl adjacent to an activating group) is 1. The van der Waals surface area contributed by atoms with E-state index < -0.39 is 0 Å². The van der Waals surface area contributed by atoms with Gasteiger partial charge in [0.05, 0.1) is 0 Å². The number of rotatable bonds is 2. The van der Waals surface area contributed by atoms with Crippen LogP contribution in [0.2, 0.25) is 0 Å². The highest BCUT2D eigenvalue weighted by Crippen LogP contribution is 2.21. The summed E-state index contributed by atoms with van der Waals surface area (Å²) in [5.41, 5.74) is 1.72. The summed E-state index contributed by atoms with van der Waals surface area (Å²) in [6, 6.07) is 0. The molecule has 0 saturated carbocycles. The maximum atomic E-state index is 11.5. The van der Waals surface area contributed by atoms with Crippen molar-refractivity contribution < 1.29 is 4.79 Å². The summed E-state index contributed by atoms with van der Waals surface area (Å²) < 4.78 is 0. The van der Waals surface area contributed by atoms with Crippen LogP contribution >= 0.6 is 0 Å². The van der Waals surface area contributed by atoms with Crippen molar-refractivity contribution in [3.05, 3.63) is 48.6 Å². The number of carbonyl (C=O) groups excluding carboxylic acids is 1. The molecule has 0 bridgehead atoms. The topological polar surface area (TPSA) is 20.3 Å². The van der Waals surface area contributed by atoms with Gasteiger partial charge >= 0.3 is 0 Å². The Labute approximate surface area is 106 Å². The average molecular weight is 235 g/mol. The third-order valence-corrected chi connectivity index (χ3v) is 1.93. The van der Waals surface area contributed by atoms with Crippen LogP contribution in [0.1, 0.15) is 27.7 Å². The number of hydrogen-bond donors (Lipinski definition) is 0. The third kappa shape index (κ3) is 5.34. The number of nitrogens with zero attached hydrogens (tertiary/aromatic N) is 1. The smallest absolute Gasteiger partial charge is 0.254 e. The van der Waals surface area contributed by atoms with Crippen LogP contribution in [0.5, 0.6) is 0 Å². The van der Waals surface area contributed by atoms with Crippen molar-refractivity contribution >= 4 is 5.91 Å². The molecule has 0 spiro atoms. The van der Waals surface area contributed by atoms with Crippen molar-refractivity contribution in [3.8, 4) is 0 Å². The Morgan fingerprint density at radius 1 is 1.06 bits per heavy atom. The van der Waals surface area contributed by atoms with E-state index in [0.717, 1.165) is 11.1 Å². The molecule has 2 nitrogen and oxygen atoms in total. The Morgan fingerprint density at radius 3 is 1.94 bits per heavy atom. The lowest BCUT2D eigenvalue weighted by atomic mass is 10.1. The predicted octanol–water partition coefficient (Wildman–Crippen LogP) is 3.74. The lowest BCUT2D eigenvalue weighted by Crippen LogP contribution is -2.18. The van der Waals surface area contributed by atoms with Crippen LogP contribution in [0.25, 0.3) is 0 Å². The second kappa shape index (κ2) is 10.9. The van der Waals surface area contributed by atoms with E-state index in [9.17, 15) is 4.79 Å². The van der Waals surface area contributed by atoms with Crippen molar-refractivity contribution in [1.82, 2.24) is 4.90 Å². The first kappa shape index (κ1) is 17.8. The monoisotopic (exact) mass is 235 g/mol. The molecule has 0 aliphatic carbocycles. The highest BCUT2D eigenvalue weighted by atomic mass is 16.2. The molecule has 1 aliphatic rings.